The number of fused-ring (bicyclic) bond motifs is 2. The zero-order valence-electron chi connectivity index (χ0n) is 10.4. The number of sulfonamides is 1. The van der Waals surface area contributed by atoms with E-state index < -0.39 is 10.0 Å². The summed E-state index contributed by atoms with van der Waals surface area (Å²) in [6.07, 6.45) is 4.75. The van der Waals surface area contributed by atoms with Gasteiger partial charge in [0.05, 0.1) is 5.75 Å². The maximum atomic E-state index is 12.1. The number of benzene rings is 1. The van der Waals surface area contributed by atoms with Gasteiger partial charge in [-0.2, -0.15) is 0 Å². The highest BCUT2D eigenvalue weighted by molar-refractivity contribution is 7.88. The van der Waals surface area contributed by atoms with E-state index in [9.17, 15) is 8.42 Å². The van der Waals surface area contributed by atoms with Crippen molar-refractivity contribution in [2.45, 2.75) is 37.5 Å². The molecule has 0 aliphatic heterocycles. The van der Waals surface area contributed by atoms with Crippen molar-refractivity contribution in [2.75, 3.05) is 0 Å². The minimum Gasteiger partial charge on any atom is -0.212 e. The summed E-state index contributed by atoms with van der Waals surface area (Å²) < 4.78 is 27.1. The van der Waals surface area contributed by atoms with Crippen molar-refractivity contribution < 1.29 is 8.42 Å². The van der Waals surface area contributed by atoms with Crippen LogP contribution in [0.5, 0.6) is 0 Å². The van der Waals surface area contributed by atoms with Gasteiger partial charge in [-0.25, -0.2) is 13.1 Å². The normalized spacial score (nSPS) is 30.8. The summed E-state index contributed by atoms with van der Waals surface area (Å²) in [5, 5.41) is 0. The molecule has 0 saturated heterocycles. The molecule has 3 nitrogen and oxygen atoms in total. The lowest BCUT2D eigenvalue weighted by Gasteiger charge is -2.22. The van der Waals surface area contributed by atoms with Gasteiger partial charge in [0, 0.05) is 6.04 Å². The molecule has 2 bridgehead atoms. The lowest BCUT2D eigenvalue weighted by molar-refractivity contribution is 0.390. The van der Waals surface area contributed by atoms with E-state index in [2.05, 4.69) is 4.72 Å². The molecule has 1 aromatic carbocycles. The molecule has 3 atom stereocenters. The predicted octanol–water partition coefficient (Wildman–Crippen LogP) is 2.29. The van der Waals surface area contributed by atoms with Gasteiger partial charge >= 0.3 is 0 Å². The number of hydrogen-bond acceptors (Lipinski definition) is 2. The summed E-state index contributed by atoms with van der Waals surface area (Å²) >= 11 is 0. The third-order valence-corrected chi connectivity index (χ3v) is 5.64. The molecular formula is C14H19NO2S. The monoisotopic (exact) mass is 265 g/mol. The highest BCUT2D eigenvalue weighted by Gasteiger charge is 2.40. The minimum atomic E-state index is -3.19. The fourth-order valence-electron chi connectivity index (χ4n) is 3.46. The summed E-state index contributed by atoms with van der Waals surface area (Å²) in [6.45, 7) is 0. The van der Waals surface area contributed by atoms with Crippen LogP contribution in [0, 0.1) is 11.8 Å². The molecule has 3 rings (SSSR count). The van der Waals surface area contributed by atoms with Crippen LogP contribution in [0.25, 0.3) is 0 Å². The van der Waals surface area contributed by atoms with Crippen molar-refractivity contribution in [3.63, 3.8) is 0 Å². The molecule has 18 heavy (non-hydrogen) atoms. The van der Waals surface area contributed by atoms with E-state index in [-0.39, 0.29) is 11.8 Å². The van der Waals surface area contributed by atoms with E-state index in [0.29, 0.717) is 5.92 Å². The van der Waals surface area contributed by atoms with E-state index in [1.165, 1.54) is 19.3 Å². The molecule has 2 aliphatic carbocycles. The molecule has 0 spiro atoms. The molecule has 4 heteroatoms. The second-order valence-corrected chi connectivity index (χ2v) is 7.40. The average Bonchev–Trinajstić information content (AvgIpc) is 2.90. The Morgan fingerprint density at radius 2 is 1.89 bits per heavy atom. The van der Waals surface area contributed by atoms with Crippen molar-refractivity contribution in [2.24, 2.45) is 11.8 Å². The van der Waals surface area contributed by atoms with Gasteiger partial charge in [-0.1, -0.05) is 36.8 Å². The lowest BCUT2D eigenvalue weighted by Crippen LogP contribution is -2.39. The van der Waals surface area contributed by atoms with Crippen molar-refractivity contribution in [3.05, 3.63) is 35.9 Å². The van der Waals surface area contributed by atoms with Crippen molar-refractivity contribution in [1.82, 2.24) is 4.72 Å². The van der Waals surface area contributed by atoms with Gasteiger partial charge in [0.1, 0.15) is 0 Å². The lowest BCUT2D eigenvalue weighted by atomic mass is 9.96. The highest BCUT2D eigenvalue weighted by atomic mass is 32.2. The van der Waals surface area contributed by atoms with Crippen LogP contribution < -0.4 is 4.72 Å². The first-order valence-electron chi connectivity index (χ1n) is 6.66. The Morgan fingerprint density at radius 1 is 1.11 bits per heavy atom. The number of hydrogen-bond donors (Lipinski definition) is 1. The third kappa shape index (κ3) is 2.59. The predicted molar refractivity (Wildman–Crippen MR) is 71.4 cm³/mol. The van der Waals surface area contributed by atoms with Gasteiger partial charge in [-0.15, -0.1) is 0 Å². The van der Waals surface area contributed by atoms with E-state index in [1.807, 2.05) is 30.3 Å². The van der Waals surface area contributed by atoms with E-state index in [0.717, 1.165) is 17.9 Å². The first kappa shape index (κ1) is 12.2. The summed E-state index contributed by atoms with van der Waals surface area (Å²) in [7, 11) is -3.19. The second-order valence-electron chi connectivity index (χ2n) is 5.64. The molecular weight excluding hydrogens is 246 g/mol. The second kappa shape index (κ2) is 4.67. The van der Waals surface area contributed by atoms with Crippen molar-refractivity contribution >= 4 is 10.0 Å². The van der Waals surface area contributed by atoms with Crippen LogP contribution in [0.2, 0.25) is 0 Å². The maximum absolute atomic E-state index is 12.1. The smallest absolute Gasteiger partial charge is 0.212 e. The zero-order valence-corrected chi connectivity index (χ0v) is 11.2. The van der Waals surface area contributed by atoms with Gasteiger partial charge in [-0.05, 0) is 36.7 Å². The summed E-state index contributed by atoms with van der Waals surface area (Å²) in [5.74, 6) is 1.45. The van der Waals surface area contributed by atoms with Crippen LogP contribution in [0.15, 0.2) is 30.3 Å². The fourth-order valence-corrected chi connectivity index (χ4v) is 4.92. The summed E-state index contributed by atoms with van der Waals surface area (Å²) in [5.41, 5.74) is 0.855. The van der Waals surface area contributed by atoms with Crippen LogP contribution in [0.3, 0.4) is 0 Å². The summed E-state index contributed by atoms with van der Waals surface area (Å²) in [6, 6.07) is 9.57. The fraction of sp³-hybridized carbons (Fsp3) is 0.571. The van der Waals surface area contributed by atoms with Gasteiger partial charge in [-0.3, -0.25) is 0 Å². The van der Waals surface area contributed by atoms with Crippen LogP contribution >= 0.6 is 0 Å². The minimum absolute atomic E-state index is 0.0989. The Morgan fingerprint density at radius 3 is 2.50 bits per heavy atom. The Hall–Kier alpha value is -0.870. The van der Waals surface area contributed by atoms with Crippen molar-refractivity contribution in [1.29, 1.82) is 0 Å². The van der Waals surface area contributed by atoms with Crippen LogP contribution in [-0.4, -0.2) is 14.5 Å². The summed E-state index contributed by atoms with van der Waals surface area (Å²) in [4.78, 5) is 0. The van der Waals surface area contributed by atoms with E-state index in [4.69, 9.17) is 0 Å². The average molecular weight is 265 g/mol. The molecule has 0 amide bonds. The molecule has 1 N–H and O–H groups in total. The van der Waals surface area contributed by atoms with Gasteiger partial charge in [0.15, 0.2) is 0 Å². The first-order chi connectivity index (χ1) is 8.62. The molecule has 98 valence electrons. The molecule has 0 heterocycles. The highest BCUT2D eigenvalue weighted by Crippen LogP contribution is 2.44. The number of rotatable bonds is 4. The molecule has 1 aromatic rings. The first-order valence-corrected chi connectivity index (χ1v) is 8.31. The van der Waals surface area contributed by atoms with Crippen molar-refractivity contribution in [3.8, 4) is 0 Å². The zero-order chi connectivity index (χ0) is 12.6. The molecule has 0 radical (unpaired) electrons. The molecule has 0 aromatic heterocycles. The number of nitrogens with one attached hydrogen (secondary N) is 1. The Bertz CT molecular complexity index is 512. The largest absolute Gasteiger partial charge is 0.216 e. The molecule has 0 unspecified atom stereocenters. The van der Waals surface area contributed by atoms with Crippen LogP contribution in [0.1, 0.15) is 31.2 Å². The molecule has 2 aliphatic rings. The van der Waals surface area contributed by atoms with Crippen LogP contribution in [-0.2, 0) is 15.8 Å². The molecule has 2 fully saturated rings. The standard InChI is InChI=1S/C14H19NO2S/c16-18(17,10-11-4-2-1-3-5-11)15-14-9-12-6-7-13(14)8-12/h1-5,12-15H,6-10H2/t12-,13+,14+/m0/s1. The maximum Gasteiger partial charge on any atom is 0.216 e. The van der Waals surface area contributed by atoms with Crippen LogP contribution in [0.4, 0.5) is 0 Å². The van der Waals surface area contributed by atoms with Gasteiger partial charge in [0.25, 0.3) is 0 Å². The topological polar surface area (TPSA) is 46.2 Å². The van der Waals surface area contributed by atoms with Gasteiger partial charge in [0.2, 0.25) is 10.0 Å². The SMILES string of the molecule is O=S(=O)(Cc1ccccc1)N[C@@H]1C[C@H]2CC[C@@H]1C2. The Balaban J connectivity index is 1.65. The van der Waals surface area contributed by atoms with E-state index >= 15 is 0 Å². The van der Waals surface area contributed by atoms with Gasteiger partial charge < -0.3 is 0 Å². The Kier molecular flexibility index (Phi) is 3.16. The Labute approximate surface area is 109 Å². The van der Waals surface area contributed by atoms with E-state index in [1.54, 1.807) is 0 Å². The molecule has 2 saturated carbocycles. The quantitative estimate of drug-likeness (QED) is 0.908. The third-order valence-electron chi connectivity index (χ3n) is 4.27.